The Balaban J connectivity index is 1.06. The fourth-order valence-corrected chi connectivity index (χ4v) is 8.03. The third kappa shape index (κ3) is 10.0. The van der Waals surface area contributed by atoms with Gasteiger partial charge >= 0.3 is 0 Å². The SMILES string of the molecule is CCOc1ccccc1/C=C/c1ccc(N(c2ccc(C)cc2)c2ccc(-c3ccc(N(c4ccc(C)cc4)c4ccc(/C=C/c5ccccc5OCC)c(C)c4)cc3)cc2)cc1C. The van der Waals surface area contributed by atoms with Crippen LogP contribution in [0.3, 0.4) is 0 Å². The quantitative estimate of drug-likeness (QED) is 0.0961. The highest BCUT2D eigenvalue weighted by Gasteiger charge is 2.16. The van der Waals surface area contributed by atoms with Crippen molar-refractivity contribution in [2.24, 2.45) is 0 Å². The van der Waals surface area contributed by atoms with Gasteiger partial charge < -0.3 is 19.3 Å². The molecule has 0 fully saturated rings. The smallest absolute Gasteiger partial charge is 0.126 e. The Bertz CT molecular complexity index is 2670. The number of aryl methyl sites for hydroxylation is 4. The molecule has 64 heavy (non-hydrogen) atoms. The summed E-state index contributed by atoms with van der Waals surface area (Å²) >= 11 is 0. The van der Waals surface area contributed by atoms with E-state index in [1.807, 2.05) is 50.2 Å². The van der Waals surface area contributed by atoms with Crippen molar-refractivity contribution < 1.29 is 9.47 Å². The lowest BCUT2D eigenvalue weighted by Gasteiger charge is -2.27. The molecule has 0 amide bonds. The summed E-state index contributed by atoms with van der Waals surface area (Å²) in [4.78, 5) is 4.67. The van der Waals surface area contributed by atoms with Gasteiger partial charge in [-0.3, -0.25) is 0 Å². The third-order valence-electron chi connectivity index (χ3n) is 11.5. The first kappa shape index (κ1) is 43.1. The summed E-state index contributed by atoms with van der Waals surface area (Å²) in [6.45, 7) is 13.9. The average Bonchev–Trinajstić information content (AvgIpc) is 3.31. The molecule has 0 heterocycles. The highest BCUT2D eigenvalue weighted by molar-refractivity contribution is 5.83. The molecular formula is C60H56N2O2. The second-order valence-corrected chi connectivity index (χ2v) is 16.1. The van der Waals surface area contributed by atoms with Crippen LogP contribution in [0.25, 0.3) is 35.4 Å². The van der Waals surface area contributed by atoms with Gasteiger partial charge in [-0.2, -0.15) is 0 Å². The molecule has 0 saturated heterocycles. The third-order valence-corrected chi connectivity index (χ3v) is 11.5. The van der Waals surface area contributed by atoms with Crippen molar-refractivity contribution >= 4 is 58.4 Å². The number of nitrogens with zero attached hydrogens (tertiary/aromatic N) is 2. The molecule has 4 nitrogen and oxygen atoms in total. The van der Waals surface area contributed by atoms with Crippen molar-refractivity contribution in [2.75, 3.05) is 23.0 Å². The molecule has 318 valence electrons. The van der Waals surface area contributed by atoms with Crippen LogP contribution in [0.15, 0.2) is 182 Å². The highest BCUT2D eigenvalue weighted by atomic mass is 16.5. The molecule has 8 aromatic rings. The minimum atomic E-state index is 0.635. The summed E-state index contributed by atoms with van der Waals surface area (Å²) < 4.78 is 11.7. The van der Waals surface area contributed by atoms with Crippen molar-refractivity contribution in [1.29, 1.82) is 0 Å². The van der Waals surface area contributed by atoms with Gasteiger partial charge in [-0.1, -0.05) is 132 Å². The lowest BCUT2D eigenvalue weighted by molar-refractivity contribution is 0.339. The van der Waals surface area contributed by atoms with Crippen molar-refractivity contribution in [2.45, 2.75) is 41.5 Å². The largest absolute Gasteiger partial charge is 0.493 e. The normalized spacial score (nSPS) is 11.3. The van der Waals surface area contributed by atoms with E-state index in [0.717, 1.165) is 67.9 Å². The molecule has 0 saturated carbocycles. The van der Waals surface area contributed by atoms with Crippen LogP contribution in [0.2, 0.25) is 0 Å². The molecule has 8 rings (SSSR count). The number of hydrogen-bond donors (Lipinski definition) is 0. The number of para-hydroxylation sites is 2. The maximum atomic E-state index is 5.87. The van der Waals surface area contributed by atoms with Gasteiger partial charge in [0.1, 0.15) is 11.5 Å². The van der Waals surface area contributed by atoms with E-state index in [1.165, 1.54) is 33.4 Å². The second kappa shape index (κ2) is 20.1. The van der Waals surface area contributed by atoms with Crippen LogP contribution in [0.1, 0.15) is 58.4 Å². The zero-order valence-corrected chi connectivity index (χ0v) is 37.8. The Morgan fingerprint density at radius 3 is 1.00 bits per heavy atom. The second-order valence-electron chi connectivity index (χ2n) is 16.1. The van der Waals surface area contributed by atoms with Crippen molar-refractivity contribution in [3.8, 4) is 22.6 Å². The maximum Gasteiger partial charge on any atom is 0.126 e. The van der Waals surface area contributed by atoms with Gasteiger partial charge in [-0.05, 0) is 160 Å². The summed E-state index contributed by atoms with van der Waals surface area (Å²) in [5.74, 6) is 1.79. The van der Waals surface area contributed by atoms with Gasteiger partial charge in [0.2, 0.25) is 0 Å². The van der Waals surface area contributed by atoms with Crippen LogP contribution in [0, 0.1) is 27.7 Å². The van der Waals surface area contributed by atoms with Crippen LogP contribution in [0.5, 0.6) is 11.5 Å². The molecule has 8 aromatic carbocycles. The summed E-state index contributed by atoms with van der Waals surface area (Å²) in [5.41, 5.74) is 18.2. The number of hydrogen-bond acceptors (Lipinski definition) is 4. The van der Waals surface area contributed by atoms with Crippen molar-refractivity contribution in [3.63, 3.8) is 0 Å². The Morgan fingerprint density at radius 2 is 0.656 bits per heavy atom. The summed E-state index contributed by atoms with van der Waals surface area (Å²) in [5, 5.41) is 0. The van der Waals surface area contributed by atoms with Gasteiger partial charge in [0, 0.05) is 45.3 Å². The molecular weight excluding hydrogens is 781 g/mol. The average molecular weight is 837 g/mol. The van der Waals surface area contributed by atoms with Gasteiger partial charge in [0.25, 0.3) is 0 Å². The maximum absolute atomic E-state index is 5.87. The van der Waals surface area contributed by atoms with Crippen molar-refractivity contribution in [1.82, 2.24) is 0 Å². The molecule has 0 aliphatic rings. The van der Waals surface area contributed by atoms with E-state index in [-0.39, 0.29) is 0 Å². The molecule has 0 N–H and O–H groups in total. The molecule has 0 aliphatic heterocycles. The van der Waals surface area contributed by atoms with E-state index in [1.54, 1.807) is 0 Å². The lowest BCUT2D eigenvalue weighted by atomic mass is 10.0. The summed E-state index contributed by atoms with van der Waals surface area (Å²) in [6, 6.07) is 65.0. The van der Waals surface area contributed by atoms with E-state index >= 15 is 0 Å². The first-order valence-electron chi connectivity index (χ1n) is 22.2. The van der Waals surface area contributed by atoms with Gasteiger partial charge in [-0.25, -0.2) is 0 Å². The van der Waals surface area contributed by atoms with Crippen LogP contribution in [-0.2, 0) is 0 Å². The Labute approximate surface area is 380 Å². The molecule has 4 heteroatoms. The van der Waals surface area contributed by atoms with E-state index in [4.69, 9.17) is 9.47 Å². The molecule has 0 atom stereocenters. The summed E-state index contributed by atoms with van der Waals surface area (Å²) in [6.07, 6.45) is 8.63. The number of anilines is 6. The summed E-state index contributed by atoms with van der Waals surface area (Å²) in [7, 11) is 0. The fourth-order valence-electron chi connectivity index (χ4n) is 8.03. The van der Waals surface area contributed by atoms with E-state index in [0.29, 0.717) is 13.2 Å². The minimum absolute atomic E-state index is 0.635. The van der Waals surface area contributed by atoms with Crippen LogP contribution in [0.4, 0.5) is 34.1 Å². The monoisotopic (exact) mass is 836 g/mol. The number of ether oxygens (including phenoxy) is 2. The van der Waals surface area contributed by atoms with E-state index in [9.17, 15) is 0 Å². The first-order chi connectivity index (χ1) is 31.3. The van der Waals surface area contributed by atoms with Gasteiger partial charge in [0.05, 0.1) is 13.2 Å². The number of benzene rings is 8. The van der Waals surface area contributed by atoms with Crippen LogP contribution >= 0.6 is 0 Å². The topological polar surface area (TPSA) is 24.9 Å². The van der Waals surface area contributed by atoms with Crippen LogP contribution in [-0.4, -0.2) is 13.2 Å². The fraction of sp³-hybridized carbons (Fsp3) is 0.133. The predicted molar refractivity (Wildman–Crippen MR) is 273 cm³/mol. The molecule has 0 aliphatic carbocycles. The minimum Gasteiger partial charge on any atom is -0.493 e. The predicted octanol–water partition coefficient (Wildman–Crippen LogP) is 16.7. The van der Waals surface area contributed by atoms with E-state index in [2.05, 4.69) is 207 Å². The van der Waals surface area contributed by atoms with E-state index < -0.39 is 0 Å². The van der Waals surface area contributed by atoms with Gasteiger partial charge in [0.15, 0.2) is 0 Å². The molecule has 0 unspecified atom stereocenters. The Hall–Kier alpha value is -7.56. The van der Waals surface area contributed by atoms with Crippen LogP contribution < -0.4 is 19.3 Å². The molecule has 0 radical (unpaired) electrons. The zero-order chi connectivity index (χ0) is 44.4. The Morgan fingerprint density at radius 1 is 0.344 bits per heavy atom. The zero-order valence-electron chi connectivity index (χ0n) is 37.8. The highest BCUT2D eigenvalue weighted by Crippen LogP contribution is 2.39. The van der Waals surface area contributed by atoms with Gasteiger partial charge in [-0.15, -0.1) is 0 Å². The van der Waals surface area contributed by atoms with Crippen molar-refractivity contribution in [3.05, 3.63) is 226 Å². The molecule has 0 spiro atoms. The standard InChI is InChI=1S/C60H56N2O2/c1-7-63-59-15-11-9-13-51(59)23-21-47-25-39-57(41-45(47)5)61(53-31-17-43(3)18-32-53)55-35-27-49(28-36-55)50-29-37-56(38-30-50)62(54-33-19-44(4)20-34-54)58-40-26-48(46(6)42-58)22-24-52-14-10-12-16-60(52)64-8-2/h9-42H,7-8H2,1-6H3/b23-21+,24-22+. The first-order valence-corrected chi connectivity index (χ1v) is 22.2. The molecule has 0 bridgehead atoms. The molecule has 0 aromatic heterocycles. The number of rotatable bonds is 15. The Kier molecular flexibility index (Phi) is 13.5. The lowest BCUT2D eigenvalue weighted by Crippen LogP contribution is -2.10.